The van der Waals surface area contributed by atoms with E-state index >= 15 is 0 Å². The molecule has 0 amide bonds. The van der Waals surface area contributed by atoms with Gasteiger partial charge in [-0.25, -0.2) is 0 Å². The molecule has 0 aromatic carbocycles. The Morgan fingerprint density at radius 1 is 0.769 bits per heavy atom. The van der Waals surface area contributed by atoms with Crippen LogP contribution in [-0.2, 0) is 0 Å². The molecule has 0 heteroatoms. The summed E-state index contributed by atoms with van der Waals surface area (Å²) >= 11 is 0. The molecule has 0 heterocycles. The summed E-state index contributed by atoms with van der Waals surface area (Å²) in [5.74, 6) is 5.36. The zero-order chi connectivity index (χ0) is 18.4. The number of hydrogen-bond acceptors (Lipinski definition) is 0. The van der Waals surface area contributed by atoms with E-state index in [9.17, 15) is 0 Å². The molecule has 0 aliphatic heterocycles. The second-order valence-electron chi connectivity index (χ2n) is 10.6. The van der Waals surface area contributed by atoms with Gasteiger partial charge in [0.15, 0.2) is 0 Å². The minimum absolute atomic E-state index is 0.754. The van der Waals surface area contributed by atoms with Crippen molar-refractivity contribution >= 4 is 0 Å². The van der Waals surface area contributed by atoms with Crippen molar-refractivity contribution in [2.24, 2.45) is 35.0 Å². The quantitative estimate of drug-likeness (QED) is 0.425. The lowest BCUT2D eigenvalue weighted by molar-refractivity contribution is -0.000205. The van der Waals surface area contributed by atoms with Crippen LogP contribution in [0.3, 0.4) is 0 Å². The summed E-state index contributed by atoms with van der Waals surface area (Å²) < 4.78 is 0. The summed E-state index contributed by atoms with van der Waals surface area (Å²) in [6.07, 6.45) is 26.0. The van der Waals surface area contributed by atoms with Gasteiger partial charge in [0, 0.05) is 0 Å². The Balaban J connectivity index is 1.60. The van der Waals surface area contributed by atoms with E-state index in [2.05, 4.69) is 20.8 Å². The molecule has 152 valence electrons. The lowest BCUT2D eigenvalue weighted by Gasteiger charge is -2.51. The van der Waals surface area contributed by atoms with E-state index in [4.69, 9.17) is 0 Å². The highest BCUT2D eigenvalue weighted by molar-refractivity contribution is 4.95. The van der Waals surface area contributed by atoms with Crippen molar-refractivity contribution in [3.8, 4) is 0 Å². The summed E-state index contributed by atoms with van der Waals surface area (Å²) in [4.78, 5) is 0. The molecule has 3 saturated carbocycles. The molecule has 0 bridgehead atoms. The van der Waals surface area contributed by atoms with Gasteiger partial charge in [-0.3, -0.25) is 0 Å². The molecule has 0 aromatic heterocycles. The summed E-state index contributed by atoms with van der Waals surface area (Å²) in [7, 11) is 0. The highest BCUT2D eigenvalue weighted by atomic mass is 14.5. The van der Waals surface area contributed by atoms with Crippen LogP contribution in [0.1, 0.15) is 130 Å². The third kappa shape index (κ3) is 4.70. The molecule has 0 radical (unpaired) electrons. The van der Waals surface area contributed by atoms with Crippen LogP contribution in [0.25, 0.3) is 0 Å². The van der Waals surface area contributed by atoms with Gasteiger partial charge in [-0.1, -0.05) is 78.6 Å². The Labute approximate surface area is 165 Å². The third-order valence-electron chi connectivity index (χ3n) is 9.22. The van der Waals surface area contributed by atoms with E-state index in [1.54, 1.807) is 57.8 Å². The van der Waals surface area contributed by atoms with Crippen molar-refractivity contribution < 1.29 is 0 Å². The van der Waals surface area contributed by atoms with Crippen molar-refractivity contribution in [3.63, 3.8) is 0 Å². The van der Waals surface area contributed by atoms with E-state index in [1.165, 1.54) is 51.4 Å². The maximum Gasteiger partial charge on any atom is -0.0269 e. The van der Waals surface area contributed by atoms with Crippen molar-refractivity contribution in [1.29, 1.82) is 0 Å². The number of hydrogen-bond donors (Lipinski definition) is 0. The largest absolute Gasteiger partial charge is 0.0654 e. The van der Waals surface area contributed by atoms with E-state index in [0.717, 1.165) is 35.0 Å². The van der Waals surface area contributed by atoms with Crippen LogP contribution in [-0.4, -0.2) is 0 Å². The average molecular weight is 361 g/mol. The molecule has 0 saturated heterocycles. The van der Waals surface area contributed by atoms with Crippen molar-refractivity contribution in [2.75, 3.05) is 0 Å². The Morgan fingerprint density at radius 3 is 2.12 bits per heavy atom. The summed E-state index contributed by atoms with van der Waals surface area (Å²) in [5.41, 5.74) is 0.754. The zero-order valence-electron chi connectivity index (χ0n) is 18.4. The maximum atomic E-state index is 2.51. The Morgan fingerprint density at radius 2 is 1.50 bits per heavy atom. The Bertz CT molecular complexity index is 377. The first-order chi connectivity index (χ1) is 12.7. The summed E-state index contributed by atoms with van der Waals surface area (Å²) in [6.45, 7) is 7.32. The fourth-order valence-corrected chi connectivity index (χ4v) is 7.86. The highest BCUT2D eigenvalue weighted by Crippen LogP contribution is 2.55. The fraction of sp³-hybridized carbons (Fsp3) is 1.00. The minimum atomic E-state index is 0.754. The molecular formula is C26H48. The van der Waals surface area contributed by atoms with E-state index < -0.39 is 0 Å². The molecule has 3 aliphatic rings. The molecule has 0 spiro atoms. The van der Waals surface area contributed by atoms with Crippen molar-refractivity contribution in [1.82, 2.24) is 0 Å². The molecule has 3 atom stereocenters. The Hall–Kier alpha value is 0. The molecule has 3 rings (SSSR count). The zero-order valence-corrected chi connectivity index (χ0v) is 18.4. The van der Waals surface area contributed by atoms with Gasteiger partial charge in [-0.2, -0.15) is 0 Å². The predicted octanol–water partition coefficient (Wildman–Crippen LogP) is 8.79. The molecule has 0 aromatic rings. The van der Waals surface area contributed by atoms with Gasteiger partial charge < -0.3 is 0 Å². The molecule has 0 N–H and O–H groups in total. The van der Waals surface area contributed by atoms with Gasteiger partial charge >= 0.3 is 0 Å². The molecule has 26 heavy (non-hydrogen) atoms. The predicted molar refractivity (Wildman–Crippen MR) is 115 cm³/mol. The van der Waals surface area contributed by atoms with Gasteiger partial charge in [-0.15, -0.1) is 0 Å². The lowest BCUT2D eigenvalue weighted by atomic mass is 9.55. The van der Waals surface area contributed by atoms with Crippen LogP contribution in [0.2, 0.25) is 0 Å². The molecular weight excluding hydrogens is 312 g/mol. The van der Waals surface area contributed by atoms with Crippen LogP contribution >= 0.6 is 0 Å². The normalized spacial score (nSPS) is 38.2. The van der Waals surface area contributed by atoms with Crippen LogP contribution in [0.4, 0.5) is 0 Å². The summed E-state index contributed by atoms with van der Waals surface area (Å²) in [5, 5.41) is 0. The van der Waals surface area contributed by atoms with Crippen LogP contribution in [0, 0.1) is 35.0 Å². The van der Waals surface area contributed by atoms with Gasteiger partial charge in [0.2, 0.25) is 0 Å². The van der Waals surface area contributed by atoms with E-state index in [1.807, 2.05) is 0 Å². The molecule has 0 nitrogen and oxygen atoms in total. The van der Waals surface area contributed by atoms with Gasteiger partial charge in [-0.05, 0) is 86.4 Å². The molecule has 0 unspecified atom stereocenters. The second-order valence-corrected chi connectivity index (χ2v) is 10.6. The first-order valence-electron chi connectivity index (χ1n) is 12.7. The van der Waals surface area contributed by atoms with Gasteiger partial charge in [0.1, 0.15) is 0 Å². The van der Waals surface area contributed by atoms with Crippen molar-refractivity contribution in [3.05, 3.63) is 0 Å². The van der Waals surface area contributed by atoms with Crippen LogP contribution < -0.4 is 0 Å². The van der Waals surface area contributed by atoms with Crippen molar-refractivity contribution in [2.45, 2.75) is 130 Å². The van der Waals surface area contributed by atoms with Crippen LogP contribution in [0.5, 0.6) is 0 Å². The SMILES string of the molecule is CCCC1([C@@H]2CC[C@@H]([C@H]3CC[C@H](CCC)CC3)[C@H](CC)C2)CCCCC1. The first kappa shape index (κ1) is 20.7. The topological polar surface area (TPSA) is 0 Å². The van der Waals surface area contributed by atoms with Gasteiger partial charge in [0.05, 0.1) is 0 Å². The third-order valence-corrected chi connectivity index (χ3v) is 9.22. The van der Waals surface area contributed by atoms with Gasteiger partial charge in [0.25, 0.3) is 0 Å². The minimum Gasteiger partial charge on any atom is -0.0654 e. The molecule has 3 fully saturated rings. The average Bonchev–Trinajstić information content (AvgIpc) is 2.69. The highest BCUT2D eigenvalue weighted by Gasteiger charge is 2.44. The lowest BCUT2D eigenvalue weighted by Crippen LogP contribution is -2.40. The monoisotopic (exact) mass is 360 g/mol. The van der Waals surface area contributed by atoms with E-state index in [-0.39, 0.29) is 0 Å². The number of rotatable bonds is 7. The standard InChI is InChI=1S/C26H48/c1-4-10-21-11-13-23(14-12-21)25-16-15-24(20-22(25)6-3)26(17-5-2)18-8-7-9-19-26/h21-25H,4-20H2,1-3H3/t21-,22-,23-,24-,25-/m1/s1. The second kappa shape index (κ2) is 9.97. The van der Waals surface area contributed by atoms with Crippen LogP contribution in [0.15, 0.2) is 0 Å². The maximum absolute atomic E-state index is 2.51. The Kier molecular flexibility index (Phi) is 7.95. The van der Waals surface area contributed by atoms with E-state index in [0.29, 0.717) is 0 Å². The summed E-state index contributed by atoms with van der Waals surface area (Å²) in [6, 6.07) is 0. The molecule has 3 aliphatic carbocycles. The fourth-order valence-electron chi connectivity index (χ4n) is 7.86. The smallest absolute Gasteiger partial charge is 0.0269 e. The first-order valence-corrected chi connectivity index (χ1v) is 12.7.